The number of amides is 2. The number of imidazole rings is 1. The van der Waals surface area contributed by atoms with Gasteiger partial charge in [0.15, 0.2) is 0 Å². The van der Waals surface area contributed by atoms with Crippen LogP contribution >= 0.6 is 0 Å². The van der Waals surface area contributed by atoms with Gasteiger partial charge in [0.05, 0.1) is 11.1 Å². The van der Waals surface area contributed by atoms with Gasteiger partial charge in [-0.3, -0.25) is 28.6 Å². The van der Waals surface area contributed by atoms with E-state index in [0.29, 0.717) is 4.90 Å². The Labute approximate surface area is 166 Å². The summed E-state index contributed by atoms with van der Waals surface area (Å²) in [5.41, 5.74) is -1.03. The van der Waals surface area contributed by atoms with Crippen LogP contribution in [0.15, 0.2) is 36.8 Å². The summed E-state index contributed by atoms with van der Waals surface area (Å²) in [4.78, 5) is 67.5. The Morgan fingerprint density at radius 2 is 1.59 bits per heavy atom. The van der Waals surface area contributed by atoms with E-state index in [1.165, 1.54) is 19.1 Å². The lowest BCUT2D eigenvalue weighted by Gasteiger charge is -2.27. The second-order valence-electron chi connectivity index (χ2n) is 7.51. The number of carbonyl (C=O) groups is 5. The first-order chi connectivity index (χ1) is 13.5. The van der Waals surface area contributed by atoms with Crippen molar-refractivity contribution in [3.63, 3.8) is 0 Å². The molecule has 150 valence electrons. The van der Waals surface area contributed by atoms with Crippen molar-refractivity contribution in [2.75, 3.05) is 0 Å². The van der Waals surface area contributed by atoms with Crippen molar-refractivity contribution >= 4 is 29.5 Å². The van der Waals surface area contributed by atoms with E-state index in [1.807, 2.05) is 0 Å². The predicted octanol–water partition coefficient (Wildman–Crippen LogP) is 1.73. The van der Waals surface area contributed by atoms with E-state index >= 15 is 0 Å². The number of hydrogen-bond acceptors (Lipinski definition) is 7. The monoisotopic (exact) mass is 397 g/mol. The van der Waals surface area contributed by atoms with Crippen LogP contribution in [-0.2, 0) is 9.53 Å². The van der Waals surface area contributed by atoms with E-state index in [0.717, 1.165) is 17.1 Å². The largest absolute Gasteiger partial charge is 0.458 e. The molecule has 9 heteroatoms. The average Bonchev–Trinajstić information content (AvgIpc) is 3.21. The fourth-order valence-corrected chi connectivity index (χ4v) is 2.89. The highest BCUT2D eigenvalue weighted by molar-refractivity contribution is 6.26. The van der Waals surface area contributed by atoms with Crippen LogP contribution in [0.2, 0.25) is 0 Å². The molecule has 1 aliphatic rings. The lowest BCUT2D eigenvalue weighted by Crippen LogP contribution is -2.52. The Morgan fingerprint density at radius 3 is 2.03 bits per heavy atom. The number of aromatic nitrogens is 2. The van der Waals surface area contributed by atoms with Crippen LogP contribution in [0.5, 0.6) is 0 Å². The Bertz CT molecular complexity index is 1010. The number of Topliss-reactive ketones (excluding diaryl/α,β-unsaturated/α-hetero) is 1. The van der Waals surface area contributed by atoms with Crippen molar-refractivity contribution in [1.29, 1.82) is 0 Å². The van der Waals surface area contributed by atoms with E-state index in [-0.39, 0.29) is 16.8 Å². The Hall–Kier alpha value is -3.62. The highest BCUT2D eigenvalue weighted by atomic mass is 16.6. The summed E-state index contributed by atoms with van der Waals surface area (Å²) in [6.45, 7) is 6.06. The van der Waals surface area contributed by atoms with Gasteiger partial charge in [0.2, 0.25) is 17.7 Å². The number of carbonyl (C=O) groups excluding carboxylic acids is 5. The predicted molar refractivity (Wildman–Crippen MR) is 99.4 cm³/mol. The molecule has 1 unspecified atom stereocenters. The number of rotatable bonds is 4. The van der Waals surface area contributed by atoms with Crippen LogP contribution < -0.4 is 0 Å². The molecule has 3 rings (SSSR count). The zero-order valence-electron chi connectivity index (χ0n) is 16.3. The third-order valence-corrected chi connectivity index (χ3v) is 4.16. The van der Waals surface area contributed by atoms with Gasteiger partial charge in [-0.15, -0.1) is 0 Å². The number of hydrogen-bond donors (Lipinski definition) is 0. The van der Waals surface area contributed by atoms with Crippen LogP contribution in [0.1, 0.15) is 63.7 Å². The molecule has 0 saturated carbocycles. The second kappa shape index (κ2) is 7.08. The van der Waals surface area contributed by atoms with E-state index in [2.05, 4.69) is 4.98 Å². The Morgan fingerprint density at radius 1 is 1.03 bits per heavy atom. The standard InChI is InChI=1S/C20H19N3O6/c1-11(24)22-9-14(21-10-22)16(25)15(19(28)29-20(2,3)4)23-17(26)12-7-5-6-8-13(12)18(23)27/h5-10,15H,1-4H3. The average molecular weight is 397 g/mol. The van der Waals surface area contributed by atoms with Crippen molar-refractivity contribution in [2.24, 2.45) is 0 Å². The maximum atomic E-state index is 13.1. The van der Waals surface area contributed by atoms with Crippen LogP contribution in [0.4, 0.5) is 0 Å². The molecule has 9 nitrogen and oxygen atoms in total. The molecule has 0 radical (unpaired) electrons. The van der Waals surface area contributed by atoms with Gasteiger partial charge < -0.3 is 4.74 Å². The molecule has 2 amide bonds. The summed E-state index contributed by atoms with van der Waals surface area (Å²) >= 11 is 0. The summed E-state index contributed by atoms with van der Waals surface area (Å²) in [6, 6.07) is 4.17. The van der Waals surface area contributed by atoms with Crippen LogP contribution in [0.25, 0.3) is 0 Å². The molecular weight excluding hydrogens is 378 g/mol. The first kappa shape index (κ1) is 20.1. The molecule has 2 aromatic rings. The minimum Gasteiger partial charge on any atom is -0.458 e. The van der Waals surface area contributed by atoms with Crippen LogP contribution in [0, 0.1) is 0 Å². The highest BCUT2D eigenvalue weighted by Crippen LogP contribution is 2.27. The summed E-state index contributed by atoms with van der Waals surface area (Å²) in [7, 11) is 0. The first-order valence-corrected chi connectivity index (χ1v) is 8.80. The molecule has 29 heavy (non-hydrogen) atoms. The van der Waals surface area contributed by atoms with E-state index in [9.17, 15) is 24.0 Å². The second-order valence-corrected chi connectivity index (χ2v) is 7.51. The minimum atomic E-state index is -1.86. The van der Waals surface area contributed by atoms with E-state index in [1.54, 1.807) is 32.9 Å². The van der Waals surface area contributed by atoms with Crippen molar-refractivity contribution in [3.05, 3.63) is 53.6 Å². The molecule has 0 spiro atoms. The SMILES string of the molecule is CC(=O)n1cnc(C(=O)C(C(=O)OC(C)(C)C)N2C(=O)c3ccccc3C2=O)c1. The van der Waals surface area contributed by atoms with Crippen LogP contribution in [0.3, 0.4) is 0 Å². The minimum absolute atomic E-state index is 0.0909. The maximum absolute atomic E-state index is 13.1. The molecule has 0 N–H and O–H groups in total. The van der Waals surface area contributed by atoms with Gasteiger partial charge in [-0.05, 0) is 32.9 Å². The molecule has 0 fully saturated rings. The Balaban J connectivity index is 2.05. The van der Waals surface area contributed by atoms with Gasteiger partial charge in [-0.1, -0.05) is 12.1 Å². The molecular formula is C20H19N3O6. The molecule has 1 atom stereocenters. The van der Waals surface area contributed by atoms with Crippen molar-refractivity contribution in [1.82, 2.24) is 14.5 Å². The first-order valence-electron chi connectivity index (χ1n) is 8.80. The number of benzene rings is 1. The normalized spacial score (nSPS) is 14.6. The van der Waals surface area contributed by atoms with E-state index < -0.39 is 41.1 Å². The molecule has 1 aliphatic heterocycles. The molecule has 0 saturated heterocycles. The third kappa shape index (κ3) is 3.71. The molecule has 2 heterocycles. The van der Waals surface area contributed by atoms with Gasteiger partial charge in [0, 0.05) is 13.1 Å². The number of ether oxygens (including phenoxy) is 1. The number of fused-ring (bicyclic) bond motifs is 1. The summed E-state index contributed by atoms with van der Waals surface area (Å²) < 4.78 is 6.35. The van der Waals surface area contributed by atoms with Gasteiger partial charge in [-0.25, -0.2) is 9.78 Å². The molecule has 0 bridgehead atoms. The molecule has 1 aromatic heterocycles. The van der Waals surface area contributed by atoms with Crippen molar-refractivity contribution < 1.29 is 28.7 Å². The summed E-state index contributed by atoms with van der Waals surface area (Å²) in [6.07, 6.45) is 2.25. The van der Waals surface area contributed by atoms with Crippen molar-refractivity contribution in [3.8, 4) is 0 Å². The number of imide groups is 1. The van der Waals surface area contributed by atoms with Crippen LogP contribution in [-0.4, -0.2) is 55.6 Å². The number of esters is 1. The number of nitrogens with zero attached hydrogens (tertiary/aromatic N) is 3. The molecule has 1 aromatic carbocycles. The summed E-state index contributed by atoms with van der Waals surface area (Å²) in [5, 5.41) is 0. The topological polar surface area (TPSA) is 116 Å². The molecule has 0 aliphatic carbocycles. The summed E-state index contributed by atoms with van der Waals surface area (Å²) in [5.74, 6) is -3.93. The smallest absolute Gasteiger partial charge is 0.338 e. The van der Waals surface area contributed by atoms with Gasteiger partial charge in [-0.2, -0.15) is 0 Å². The fourth-order valence-electron chi connectivity index (χ4n) is 2.89. The van der Waals surface area contributed by atoms with Gasteiger partial charge in [0.1, 0.15) is 17.6 Å². The van der Waals surface area contributed by atoms with E-state index in [4.69, 9.17) is 4.74 Å². The zero-order valence-corrected chi connectivity index (χ0v) is 16.3. The highest BCUT2D eigenvalue weighted by Gasteiger charge is 2.48. The third-order valence-electron chi connectivity index (χ3n) is 4.16. The van der Waals surface area contributed by atoms with Crippen molar-refractivity contribution in [2.45, 2.75) is 39.3 Å². The van der Waals surface area contributed by atoms with Gasteiger partial charge in [0.25, 0.3) is 11.8 Å². The lowest BCUT2D eigenvalue weighted by molar-refractivity contribution is -0.157. The van der Waals surface area contributed by atoms with Gasteiger partial charge >= 0.3 is 5.97 Å². The Kier molecular flexibility index (Phi) is 4.91. The number of ketones is 1. The quantitative estimate of drug-likeness (QED) is 0.334. The fraction of sp³-hybridized carbons (Fsp3) is 0.300. The lowest BCUT2D eigenvalue weighted by atomic mass is 10.1. The zero-order chi connectivity index (χ0) is 21.5. The maximum Gasteiger partial charge on any atom is 0.338 e.